The summed E-state index contributed by atoms with van der Waals surface area (Å²) >= 11 is 6.00. The summed E-state index contributed by atoms with van der Waals surface area (Å²) in [6.45, 7) is 0.549. The maximum absolute atomic E-state index is 12.8. The van der Waals surface area contributed by atoms with Crippen LogP contribution in [0.5, 0.6) is 5.75 Å². The predicted molar refractivity (Wildman–Crippen MR) is 105 cm³/mol. The molecule has 1 N–H and O–H groups in total. The van der Waals surface area contributed by atoms with Crippen LogP contribution in [0.15, 0.2) is 53.4 Å². The zero-order valence-electron chi connectivity index (χ0n) is 14.9. The third-order valence-electron chi connectivity index (χ3n) is 4.56. The van der Waals surface area contributed by atoms with E-state index in [4.69, 9.17) is 16.3 Å². The molecule has 144 valence electrons. The Hall–Kier alpha value is -2.09. The monoisotopic (exact) mass is 408 g/mol. The van der Waals surface area contributed by atoms with Gasteiger partial charge in [-0.3, -0.25) is 4.79 Å². The van der Waals surface area contributed by atoms with Crippen molar-refractivity contribution >= 4 is 33.2 Å². The molecule has 1 amide bonds. The molecule has 6 nitrogen and oxygen atoms in total. The van der Waals surface area contributed by atoms with E-state index in [9.17, 15) is 13.2 Å². The van der Waals surface area contributed by atoms with Gasteiger partial charge in [-0.2, -0.15) is 4.31 Å². The van der Waals surface area contributed by atoms with E-state index in [1.807, 2.05) is 0 Å². The van der Waals surface area contributed by atoms with Gasteiger partial charge in [-0.1, -0.05) is 29.8 Å². The maximum Gasteiger partial charge on any atom is 0.243 e. The first kappa shape index (κ1) is 19.7. The normalized spacial score (nSPS) is 18.1. The summed E-state index contributed by atoms with van der Waals surface area (Å²) in [5.74, 6) is -0.193. The topological polar surface area (TPSA) is 75.7 Å². The molecule has 1 heterocycles. The van der Waals surface area contributed by atoms with Crippen molar-refractivity contribution in [1.29, 1.82) is 0 Å². The number of halogens is 1. The lowest BCUT2D eigenvalue weighted by Gasteiger charge is -2.31. The molecule has 0 radical (unpaired) electrons. The molecule has 3 rings (SSSR count). The fraction of sp³-hybridized carbons (Fsp3) is 0.316. The Morgan fingerprint density at radius 3 is 2.67 bits per heavy atom. The number of ether oxygens (including phenoxy) is 1. The van der Waals surface area contributed by atoms with Gasteiger partial charge in [-0.05, 0) is 43.2 Å². The third kappa shape index (κ3) is 4.43. The summed E-state index contributed by atoms with van der Waals surface area (Å²) < 4.78 is 32.3. The van der Waals surface area contributed by atoms with Crippen LogP contribution < -0.4 is 10.1 Å². The van der Waals surface area contributed by atoms with Gasteiger partial charge in [0, 0.05) is 18.1 Å². The molecule has 1 aliphatic heterocycles. The Kier molecular flexibility index (Phi) is 6.04. The summed E-state index contributed by atoms with van der Waals surface area (Å²) in [5.41, 5.74) is 0.470. The Labute approximate surface area is 164 Å². The van der Waals surface area contributed by atoms with E-state index in [2.05, 4.69) is 5.32 Å². The molecule has 1 atom stereocenters. The molecular formula is C19H21ClN2O4S. The summed E-state index contributed by atoms with van der Waals surface area (Å²) in [6.07, 6.45) is 1.24. The van der Waals surface area contributed by atoms with Crippen molar-refractivity contribution < 1.29 is 17.9 Å². The van der Waals surface area contributed by atoms with Gasteiger partial charge in [0.15, 0.2) is 0 Å². The van der Waals surface area contributed by atoms with Gasteiger partial charge in [-0.15, -0.1) is 0 Å². The number of sulfonamides is 1. The van der Waals surface area contributed by atoms with Crippen LogP contribution in [-0.4, -0.2) is 38.8 Å². The molecule has 0 spiro atoms. The minimum absolute atomic E-state index is 0.145. The van der Waals surface area contributed by atoms with Crippen molar-refractivity contribution in [1.82, 2.24) is 4.31 Å². The molecular weight excluding hydrogens is 388 g/mol. The van der Waals surface area contributed by atoms with Gasteiger partial charge in [0.1, 0.15) is 5.75 Å². The highest BCUT2D eigenvalue weighted by Crippen LogP contribution is 2.30. The van der Waals surface area contributed by atoms with Crippen LogP contribution >= 0.6 is 11.6 Å². The molecule has 2 aromatic carbocycles. The average Bonchev–Trinajstić information content (AvgIpc) is 2.69. The van der Waals surface area contributed by atoms with E-state index < -0.39 is 15.9 Å². The van der Waals surface area contributed by atoms with Gasteiger partial charge in [-0.25, -0.2) is 8.42 Å². The summed E-state index contributed by atoms with van der Waals surface area (Å²) in [6, 6.07) is 13.2. The lowest BCUT2D eigenvalue weighted by atomic mass is 9.98. The Balaban J connectivity index is 1.75. The molecule has 1 fully saturated rings. The number of nitrogens with zero attached hydrogens (tertiary/aromatic N) is 1. The highest BCUT2D eigenvalue weighted by atomic mass is 35.5. The minimum Gasteiger partial charge on any atom is -0.495 e. The van der Waals surface area contributed by atoms with Crippen LogP contribution in [-0.2, 0) is 14.8 Å². The second-order valence-corrected chi connectivity index (χ2v) is 8.72. The predicted octanol–water partition coefficient (Wildman–Crippen LogP) is 3.39. The van der Waals surface area contributed by atoms with E-state index in [1.165, 1.54) is 11.4 Å². The first-order valence-corrected chi connectivity index (χ1v) is 10.4. The number of amides is 1. The van der Waals surface area contributed by atoms with Crippen molar-refractivity contribution in [3.8, 4) is 5.75 Å². The quantitative estimate of drug-likeness (QED) is 0.822. The molecule has 0 aliphatic carbocycles. The lowest BCUT2D eigenvalue weighted by Crippen LogP contribution is -2.43. The lowest BCUT2D eigenvalue weighted by molar-refractivity contribution is -0.120. The van der Waals surface area contributed by atoms with Crippen LogP contribution in [0.2, 0.25) is 5.02 Å². The highest BCUT2D eigenvalue weighted by Gasteiger charge is 2.33. The van der Waals surface area contributed by atoms with Crippen LogP contribution in [0.4, 0.5) is 5.69 Å². The van der Waals surface area contributed by atoms with Crippen LogP contribution in [0.25, 0.3) is 0 Å². The maximum atomic E-state index is 12.8. The summed E-state index contributed by atoms with van der Waals surface area (Å²) in [5, 5.41) is 3.29. The van der Waals surface area contributed by atoms with Crippen LogP contribution in [0.1, 0.15) is 12.8 Å². The number of rotatable bonds is 5. The summed E-state index contributed by atoms with van der Waals surface area (Å²) in [4.78, 5) is 13.0. The Morgan fingerprint density at radius 1 is 1.22 bits per heavy atom. The number of hydrogen-bond donors (Lipinski definition) is 1. The van der Waals surface area contributed by atoms with Crippen LogP contribution in [0.3, 0.4) is 0 Å². The minimum atomic E-state index is -3.61. The van der Waals surface area contributed by atoms with Crippen molar-refractivity contribution in [3.63, 3.8) is 0 Å². The van der Waals surface area contributed by atoms with Gasteiger partial charge < -0.3 is 10.1 Å². The number of carbonyl (C=O) groups is 1. The summed E-state index contributed by atoms with van der Waals surface area (Å²) in [7, 11) is -2.11. The molecule has 2 aromatic rings. The van der Waals surface area contributed by atoms with Crippen molar-refractivity contribution in [2.45, 2.75) is 17.7 Å². The van der Waals surface area contributed by atoms with E-state index in [1.54, 1.807) is 48.5 Å². The first-order chi connectivity index (χ1) is 12.9. The fourth-order valence-electron chi connectivity index (χ4n) is 3.13. The largest absolute Gasteiger partial charge is 0.495 e. The van der Waals surface area contributed by atoms with E-state index in [0.717, 1.165) is 0 Å². The van der Waals surface area contributed by atoms with Crippen molar-refractivity contribution in [2.24, 2.45) is 5.92 Å². The first-order valence-electron chi connectivity index (χ1n) is 8.61. The van der Waals surface area contributed by atoms with Crippen molar-refractivity contribution in [3.05, 3.63) is 53.6 Å². The number of carbonyl (C=O) groups excluding carboxylic acids is 1. The SMILES string of the molecule is COc1ccc(Cl)cc1NC(=O)[C@@H]1CCCN(S(=O)(=O)c2ccccc2)C1. The Morgan fingerprint density at radius 2 is 1.96 bits per heavy atom. The van der Waals surface area contributed by atoms with Gasteiger partial charge in [0.25, 0.3) is 0 Å². The zero-order valence-corrected chi connectivity index (χ0v) is 16.5. The van der Waals surface area contributed by atoms with E-state index in [-0.39, 0.29) is 17.3 Å². The van der Waals surface area contributed by atoms with E-state index in [0.29, 0.717) is 35.8 Å². The molecule has 0 aromatic heterocycles. The van der Waals surface area contributed by atoms with Gasteiger partial charge in [0.05, 0.1) is 23.6 Å². The standard InChI is InChI=1S/C19H21ClN2O4S/c1-26-18-10-9-15(20)12-17(18)21-19(23)14-6-5-11-22(13-14)27(24,25)16-7-3-2-4-8-16/h2-4,7-10,12,14H,5-6,11,13H2,1H3,(H,21,23)/t14-/m1/s1. The highest BCUT2D eigenvalue weighted by molar-refractivity contribution is 7.89. The third-order valence-corrected chi connectivity index (χ3v) is 6.67. The average molecular weight is 409 g/mol. The number of piperidine rings is 1. The molecule has 8 heteroatoms. The van der Waals surface area contributed by atoms with Crippen LogP contribution in [0, 0.1) is 5.92 Å². The number of nitrogens with one attached hydrogen (secondary N) is 1. The molecule has 0 bridgehead atoms. The molecule has 1 saturated heterocycles. The van der Waals surface area contributed by atoms with E-state index >= 15 is 0 Å². The number of hydrogen-bond acceptors (Lipinski definition) is 4. The number of methoxy groups -OCH3 is 1. The number of benzene rings is 2. The molecule has 1 aliphatic rings. The zero-order chi connectivity index (χ0) is 19.4. The second kappa shape index (κ2) is 8.29. The van der Waals surface area contributed by atoms with Crippen molar-refractivity contribution in [2.75, 3.05) is 25.5 Å². The fourth-order valence-corrected chi connectivity index (χ4v) is 4.85. The molecule has 0 saturated carbocycles. The van der Waals surface area contributed by atoms with Gasteiger partial charge >= 0.3 is 0 Å². The van der Waals surface area contributed by atoms with Gasteiger partial charge in [0.2, 0.25) is 15.9 Å². The second-order valence-electron chi connectivity index (χ2n) is 6.35. The Bertz CT molecular complexity index is 919. The smallest absolute Gasteiger partial charge is 0.243 e. The molecule has 0 unspecified atom stereocenters. The molecule has 27 heavy (non-hydrogen) atoms. The number of anilines is 1.